The van der Waals surface area contributed by atoms with Crippen LogP contribution in [0.3, 0.4) is 0 Å². The maximum Gasteiger partial charge on any atom is 0.165 e. The highest BCUT2D eigenvalue weighted by Gasteiger charge is 2.14. The van der Waals surface area contributed by atoms with Crippen molar-refractivity contribution in [2.24, 2.45) is 5.41 Å². The molecule has 4 heteroatoms. The molecule has 0 amide bonds. The van der Waals surface area contributed by atoms with Crippen molar-refractivity contribution >= 4 is 5.82 Å². The lowest BCUT2D eigenvalue weighted by Gasteiger charge is -2.21. The quantitative estimate of drug-likeness (QED) is 0.770. The Morgan fingerprint density at radius 3 is 2.69 bits per heavy atom. The second-order valence-corrected chi connectivity index (χ2v) is 4.17. The first-order chi connectivity index (χ1) is 6.03. The van der Waals surface area contributed by atoms with Gasteiger partial charge in [-0.05, 0) is 11.8 Å². The number of nitrogen functional groups attached to an aromatic ring is 1. The molecule has 0 spiro atoms. The smallest absolute Gasteiger partial charge is 0.165 e. The topological polar surface area (TPSA) is 56.7 Å². The number of aromatic nitrogens is 3. The van der Waals surface area contributed by atoms with E-state index in [0.717, 1.165) is 13.0 Å². The second-order valence-electron chi connectivity index (χ2n) is 4.17. The minimum atomic E-state index is 0.376. The molecule has 0 saturated heterocycles. The molecule has 1 rings (SSSR count). The van der Waals surface area contributed by atoms with Gasteiger partial charge in [0.15, 0.2) is 5.82 Å². The van der Waals surface area contributed by atoms with Gasteiger partial charge < -0.3 is 5.73 Å². The van der Waals surface area contributed by atoms with Crippen molar-refractivity contribution in [2.45, 2.75) is 40.2 Å². The number of anilines is 1. The summed E-state index contributed by atoms with van der Waals surface area (Å²) in [7, 11) is 0. The normalized spacial score (nSPS) is 11.9. The van der Waals surface area contributed by atoms with Crippen LogP contribution in [0.15, 0.2) is 6.20 Å². The second kappa shape index (κ2) is 3.77. The molecule has 0 unspecified atom stereocenters. The van der Waals surface area contributed by atoms with Gasteiger partial charge in [-0.1, -0.05) is 32.4 Å². The third-order valence-corrected chi connectivity index (χ3v) is 2.53. The van der Waals surface area contributed by atoms with Crippen molar-refractivity contribution in [3.8, 4) is 0 Å². The zero-order chi connectivity index (χ0) is 9.90. The molecule has 0 fully saturated rings. The largest absolute Gasteiger partial charge is 0.381 e. The van der Waals surface area contributed by atoms with Crippen LogP contribution in [0.1, 0.15) is 33.6 Å². The van der Waals surface area contributed by atoms with Gasteiger partial charge in [0.2, 0.25) is 0 Å². The highest BCUT2D eigenvalue weighted by Crippen LogP contribution is 2.24. The van der Waals surface area contributed by atoms with E-state index in [1.165, 1.54) is 6.42 Å². The van der Waals surface area contributed by atoms with Crippen molar-refractivity contribution in [3.63, 3.8) is 0 Å². The Morgan fingerprint density at radius 2 is 2.23 bits per heavy atom. The van der Waals surface area contributed by atoms with Crippen molar-refractivity contribution in [2.75, 3.05) is 5.73 Å². The third-order valence-electron chi connectivity index (χ3n) is 2.53. The van der Waals surface area contributed by atoms with Crippen LogP contribution in [-0.4, -0.2) is 15.0 Å². The fraction of sp³-hybridized carbons (Fsp3) is 0.778. The molecular weight excluding hydrogens is 164 g/mol. The van der Waals surface area contributed by atoms with Crippen molar-refractivity contribution in [1.29, 1.82) is 0 Å². The zero-order valence-electron chi connectivity index (χ0n) is 8.62. The van der Waals surface area contributed by atoms with Crippen LogP contribution in [0.5, 0.6) is 0 Å². The number of rotatable bonds is 4. The molecule has 13 heavy (non-hydrogen) atoms. The first-order valence-electron chi connectivity index (χ1n) is 4.69. The lowest BCUT2D eigenvalue weighted by Crippen LogP contribution is -2.13. The average Bonchev–Trinajstić information content (AvgIpc) is 2.48. The van der Waals surface area contributed by atoms with Gasteiger partial charge in [-0.3, -0.25) is 4.68 Å². The van der Waals surface area contributed by atoms with E-state index >= 15 is 0 Å². The maximum absolute atomic E-state index is 5.46. The molecule has 0 saturated carbocycles. The average molecular weight is 182 g/mol. The highest BCUT2D eigenvalue weighted by molar-refractivity contribution is 5.19. The van der Waals surface area contributed by atoms with Crippen molar-refractivity contribution in [3.05, 3.63) is 6.20 Å². The summed E-state index contributed by atoms with van der Waals surface area (Å²) in [5, 5.41) is 7.63. The molecule has 0 aliphatic rings. The van der Waals surface area contributed by atoms with Crippen LogP contribution >= 0.6 is 0 Å². The van der Waals surface area contributed by atoms with Gasteiger partial charge in [-0.25, -0.2) is 0 Å². The van der Waals surface area contributed by atoms with Crippen LogP contribution in [0.4, 0.5) is 5.82 Å². The summed E-state index contributed by atoms with van der Waals surface area (Å²) >= 11 is 0. The van der Waals surface area contributed by atoms with E-state index in [2.05, 4.69) is 31.1 Å². The molecule has 1 aromatic rings. The van der Waals surface area contributed by atoms with E-state index in [9.17, 15) is 0 Å². The van der Waals surface area contributed by atoms with Crippen molar-refractivity contribution in [1.82, 2.24) is 15.0 Å². The summed E-state index contributed by atoms with van der Waals surface area (Å²) < 4.78 is 1.80. The predicted molar refractivity (Wildman–Crippen MR) is 53.1 cm³/mol. The molecule has 1 aromatic heterocycles. The lowest BCUT2D eigenvalue weighted by molar-refractivity contribution is 0.294. The summed E-state index contributed by atoms with van der Waals surface area (Å²) in [6.45, 7) is 7.61. The SMILES string of the molecule is CCC(C)(C)CCn1cc(N)nn1. The van der Waals surface area contributed by atoms with Gasteiger partial charge in [0.1, 0.15) is 0 Å². The van der Waals surface area contributed by atoms with Gasteiger partial charge in [0, 0.05) is 6.54 Å². The zero-order valence-corrected chi connectivity index (χ0v) is 8.62. The predicted octanol–water partition coefficient (Wildman–Crippen LogP) is 1.69. The minimum Gasteiger partial charge on any atom is -0.381 e. The van der Waals surface area contributed by atoms with Crippen LogP contribution in [0.2, 0.25) is 0 Å². The van der Waals surface area contributed by atoms with E-state index in [1.807, 2.05) is 0 Å². The summed E-state index contributed by atoms with van der Waals surface area (Å²) in [6, 6.07) is 0. The van der Waals surface area contributed by atoms with E-state index < -0.39 is 0 Å². The lowest BCUT2D eigenvalue weighted by atomic mass is 9.87. The Balaban J connectivity index is 2.43. The molecule has 0 aromatic carbocycles. The Kier molecular flexibility index (Phi) is 2.90. The standard InChI is InChI=1S/C9H18N4/c1-4-9(2,3)5-6-13-7-8(10)11-12-13/h7H,4-6,10H2,1-3H3. The summed E-state index contributed by atoms with van der Waals surface area (Å²) in [6.07, 6.45) is 4.05. The number of hydrogen-bond donors (Lipinski definition) is 1. The van der Waals surface area contributed by atoms with Gasteiger partial charge in [-0.2, -0.15) is 0 Å². The van der Waals surface area contributed by atoms with Crippen LogP contribution in [0.25, 0.3) is 0 Å². The molecule has 0 aliphatic heterocycles. The van der Waals surface area contributed by atoms with E-state index in [4.69, 9.17) is 5.73 Å². The summed E-state index contributed by atoms with van der Waals surface area (Å²) in [5.41, 5.74) is 5.83. The number of hydrogen-bond acceptors (Lipinski definition) is 3. The molecule has 0 atom stereocenters. The van der Waals surface area contributed by atoms with Crippen molar-refractivity contribution < 1.29 is 0 Å². The molecule has 2 N–H and O–H groups in total. The summed E-state index contributed by atoms with van der Waals surface area (Å²) in [5.74, 6) is 0.495. The molecular formula is C9H18N4. The summed E-state index contributed by atoms with van der Waals surface area (Å²) in [4.78, 5) is 0. The Hall–Kier alpha value is -1.06. The molecule has 0 aliphatic carbocycles. The third kappa shape index (κ3) is 3.05. The fourth-order valence-corrected chi connectivity index (χ4v) is 1.02. The van der Waals surface area contributed by atoms with E-state index in [-0.39, 0.29) is 0 Å². The van der Waals surface area contributed by atoms with Gasteiger partial charge in [-0.15, -0.1) is 5.10 Å². The van der Waals surface area contributed by atoms with Gasteiger partial charge >= 0.3 is 0 Å². The van der Waals surface area contributed by atoms with Gasteiger partial charge in [0.25, 0.3) is 0 Å². The van der Waals surface area contributed by atoms with Crippen LogP contribution in [-0.2, 0) is 6.54 Å². The molecule has 0 radical (unpaired) electrons. The maximum atomic E-state index is 5.46. The first-order valence-corrected chi connectivity index (χ1v) is 4.69. The molecule has 74 valence electrons. The Morgan fingerprint density at radius 1 is 1.54 bits per heavy atom. The van der Waals surface area contributed by atoms with E-state index in [0.29, 0.717) is 11.2 Å². The Bertz CT molecular complexity index is 264. The molecule has 1 heterocycles. The minimum absolute atomic E-state index is 0.376. The van der Waals surface area contributed by atoms with Crippen LogP contribution in [0, 0.1) is 5.41 Å². The molecule has 0 bridgehead atoms. The van der Waals surface area contributed by atoms with Gasteiger partial charge in [0.05, 0.1) is 6.20 Å². The first kappa shape index (κ1) is 10.0. The number of aryl methyl sites for hydroxylation is 1. The number of nitrogens with two attached hydrogens (primary N) is 1. The van der Waals surface area contributed by atoms with E-state index in [1.54, 1.807) is 10.9 Å². The highest BCUT2D eigenvalue weighted by atomic mass is 15.4. The molecule has 4 nitrogen and oxygen atoms in total. The number of nitrogens with zero attached hydrogens (tertiary/aromatic N) is 3. The monoisotopic (exact) mass is 182 g/mol. The van der Waals surface area contributed by atoms with Crippen LogP contribution < -0.4 is 5.73 Å². The Labute approximate surface area is 79.1 Å². The fourth-order valence-electron chi connectivity index (χ4n) is 1.02.